The molecule has 0 unspecified atom stereocenters. The van der Waals surface area contributed by atoms with Crippen molar-refractivity contribution in [1.29, 1.82) is 0 Å². The molecule has 3 aromatic carbocycles. The molecule has 2 aliphatic carbocycles. The van der Waals surface area contributed by atoms with Crippen molar-refractivity contribution in [2.24, 2.45) is 0 Å². The predicted molar refractivity (Wildman–Crippen MR) is 119 cm³/mol. The van der Waals surface area contributed by atoms with Gasteiger partial charge in [0.1, 0.15) is 6.61 Å². The first kappa shape index (κ1) is 19.1. The van der Waals surface area contributed by atoms with E-state index in [1.54, 1.807) is 0 Å². The van der Waals surface area contributed by atoms with E-state index in [1.807, 2.05) is 42.5 Å². The van der Waals surface area contributed by atoms with E-state index in [0.29, 0.717) is 6.42 Å². The van der Waals surface area contributed by atoms with E-state index < -0.39 is 6.09 Å². The fraction of sp³-hybridized carbons (Fsp3) is 0.185. The molecule has 0 radical (unpaired) electrons. The number of alkyl carbamates (subject to hydrolysis) is 1. The summed E-state index contributed by atoms with van der Waals surface area (Å²) in [6.45, 7) is 0.485. The molecule has 4 nitrogen and oxygen atoms in total. The molecule has 1 amide bonds. The molecule has 152 valence electrons. The highest BCUT2D eigenvalue weighted by Gasteiger charge is 2.28. The molecule has 31 heavy (non-hydrogen) atoms. The second kappa shape index (κ2) is 8.12. The molecule has 0 bridgehead atoms. The number of ketones is 1. The Labute approximate surface area is 181 Å². The van der Waals surface area contributed by atoms with Gasteiger partial charge in [-0.2, -0.15) is 0 Å². The summed E-state index contributed by atoms with van der Waals surface area (Å²) in [4.78, 5) is 23.9. The maximum absolute atomic E-state index is 12.2. The Hall–Kier alpha value is -3.84. The van der Waals surface area contributed by atoms with Gasteiger partial charge in [-0.15, -0.1) is 0 Å². The zero-order valence-electron chi connectivity index (χ0n) is 17.0. The number of carbonyl (C=O) groups is 2. The van der Waals surface area contributed by atoms with Crippen LogP contribution in [0.3, 0.4) is 0 Å². The van der Waals surface area contributed by atoms with Crippen LogP contribution in [0.5, 0.6) is 0 Å². The average Bonchev–Trinajstić information content (AvgIpc) is 3.33. The fourth-order valence-corrected chi connectivity index (χ4v) is 4.45. The van der Waals surface area contributed by atoms with Gasteiger partial charge in [-0.05, 0) is 52.4 Å². The Bertz CT molecular complexity index is 1200. The van der Waals surface area contributed by atoms with Gasteiger partial charge in [0, 0.05) is 23.5 Å². The first-order valence-electron chi connectivity index (χ1n) is 10.4. The third-order valence-corrected chi connectivity index (χ3v) is 5.92. The molecule has 0 atom stereocenters. The molecular weight excluding hydrogens is 386 g/mol. The highest BCUT2D eigenvalue weighted by Crippen LogP contribution is 2.44. The molecule has 4 heteroatoms. The summed E-state index contributed by atoms with van der Waals surface area (Å²) < 4.78 is 5.51. The summed E-state index contributed by atoms with van der Waals surface area (Å²) in [5.41, 5.74) is 7.49. The van der Waals surface area contributed by atoms with Gasteiger partial charge in [0.05, 0.1) is 6.54 Å². The van der Waals surface area contributed by atoms with Crippen LogP contribution in [0.1, 0.15) is 45.0 Å². The van der Waals surface area contributed by atoms with Crippen molar-refractivity contribution in [1.82, 2.24) is 5.32 Å². The first-order chi connectivity index (χ1) is 15.2. The first-order valence-corrected chi connectivity index (χ1v) is 10.4. The second-order valence-corrected chi connectivity index (χ2v) is 7.78. The zero-order chi connectivity index (χ0) is 21.2. The van der Waals surface area contributed by atoms with Gasteiger partial charge in [-0.1, -0.05) is 60.4 Å². The third-order valence-electron chi connectivity index (χ3n) is 5.92. The summed E-state index contributed by atoms with van der Waals surface area (Å²) in [6.07, 6.45) is 0.882. The van der Waals surface area contributed by atoms with Gasteiger partial charge in [-0.25, -0.2) is 4.79 Å². The van der Waals surface area contributed by atoms with Crippen molar-refractivity contribution in [2.75, 3.05) is 13.2 Å². The molecule has 2 aliphatic rings. The number of carbonyl (C=O) groups excluding carboxylic acids is 2. The van der Waals surface area contributed by atoms with Crippen molar-refractivity contribution in [3.8, 4) is 23.0 Å². The molecule has 0 aromatic heterocycles. The maximum Gasteiger partial charge on any atom is 0.407 e. The number of Topliss-reactive ketones (excluding diaryl/α,β-unsaturated/α-hetero) is 1. The minimum absolute atomic E-state index is 0.0401. The topological polar surface area (TPSA) is 55.4 Å². The molecule has 1 N–H and O–H groups in total. The summed E-state index contributed by atoms with van der Waals surface area (Å²) in [5, 5.41) is 2.70. The summed E-state index contributed by atoms with van der Waals surface area (Å²) in [7, 11) is 0. The van der Waals surface area contributed by atoms with Crippen LogP contribution in [-0.2, 0) is 11.2 Å². The molecule has 0 aliphatic heterocycles. The van der Waals surface area contributed by atoms with E-state index in [4.69, 9.17) is 4.74 Å². The molecule has 0 spiro atoms. The number of rotatable bonds is 3. The minimum Gasteiger partial charge on any atom is -0.449 e. The lowest BCUT2D eigenvalue weighted by Crippen LogP contribution is -2.26. The van der Waals surface area contributed by atoms with Crippen molar-refractivity contribution < 1.29 is 14.3 Å². The normalized spacial score (nSPS) is 13.6. The Balaban J connectivity index is 1.18. The predicted octanol–water partition coefficient (Wildman–Crippen LogP) is 4.71. The standard InChI is InChI=1S/C27H21NO3/c29-26-14-12-19-16-18(11-13-20(19)26)6-5-15-28-27(30)31-17-25-23-9-3-1-7-21(23)22-8-2-4-10-24(22)25/h1-4,7-11,13,16,25H,12,14-15,17H2,(H,28,30). The SMILES string of the molecule is O=C(NCC#Cc1ccc2c(c1)CCC2=O)OCC1c2ccccc2-c2ccccc21. The van der Waals surface area contributed by atoms with Crippen LogP contribution in [0.2, 0.25) is 0 Å². The number of fused-ring (bicyclic) bond motifs is 4. The van der Waals surface area contributed by atoms with E-state index >= 15 is 0 Å². The van der Waals surface area contributed by atoms with Crippen LogP contribution in [0.15, 0.2) is 66.7 Å². The number of ether oxygens (including phenoxy) is 1. The lowest BCUT2D eigenvalue weighted by Gasteiger charge is -2.14. The van der Waals surface area contributed by atoms with Gasteiger partial charge in [0.2, 0.25) is 0 Å². The van der Waals surface area contributed by atoms with Crippen LogP contribution in [-0.4, -0.2) is 25.0 Å². The molecular formula is C27H21NO3. The number of benzene rings is 3. The van der Waals surface area contributed by atoms with E-state index in [-0.39, 0.29) is 24.9 Å². The van der Waals surface area contributed by atoms with Gasteiger partial charge < -0.3 is 10.1 Å². The second-order valence-electron chi connectivity index (χ2n) is 7.78. The van der Waals surface area contributed by atoms with Crippen molar-refractivity contribution in [3.63, 3.8) is 0 Å². The van der Waals surface area contributed by atoms with Crippen LogP contribution < -0.4 is 5.32 Å². The van der Waals surface area contributed by atoms with E-state index in [2.05, 4.69) is 41.4 Å². The van der Waals surface area contributed by atoms with Crippen LogP contribution in [0, 0.1) is 11.8 Å². The average molecular weight is 407 g/mol. The lowest BCUT2D eigenvalue weighted by molar-refractivity contribution is 0.0994. The summed E-state index contributed by atoms with van der Waals surface area (Å²) in [5.74, 6) is 6.22. The Morgan fingerprint density at radius 2 is 1.65 bits per heavy atom. The maximum atomic E-state index is 12.2. The highest BCUT2D eigenvalue weighted by molar-refractivity contribution is 6.00. The zero-order valence-corrected chi connectivity index (χ0v) is 17.0. The number of hydrogen-bond acceptors (Lipinski definition) is 3. The number of hydrogen-bond donors (Lipinski definition) is 1. The van der Waals surface area contributed by atoms with E-state index in [0.717, 1.165) is 23.1 Å². The Kier molecular flexibility index (Phi) is 5.01. The lowest BCUT2D eigenvalue weighted by atomic mass is 9.98. The van der Waals surface area contributed by atoms with E-state index in [1.165, 1.54) is 22.3 Å². The molecule has 5 rings (SSSR count). The molecule has 3 aromatic rings. The Morgan fingerprint density at radius 3 is 2.39 bits per heavy atom. The van der Waals surface area contributed by atoms with Crippen LogP contribution in [0.25, 0.3) is 11.1 Å². The van der Waals surface area contributed by atoms with Gasteiger partial charge in [0.15, 0.2) is 5.78 Å². The Morgan fingerprint density at radius 1 is 0.935 bits per heavy atom. The number of aryl methyl sites for hydroxylation is 1. The molecule has 0 saturated carbocycles. The fourth-order valence-electron chi connectivity index (χ4n) is 4.45. The molecule has 0 heterocycles. The van der Waals surface area contributed by atoms with Gasteiger partial charge in [-0.3, -0.25) is 4.79 Å². The van der Waals surface area contributed by atoms with Crippen LogP contribution >= 0.6 is 0 Å². The molecule has 0 saturated heterocycles. The van der Waals surface area contributed by atoms with Gasteiger partial charge in [0.25, 0.3) is 0 Å². The quantitative estimate of drug-likeness (QED) is 0.640. The van der Waals surface area contributed by atoms with E-state index in [9.17, 15) is 9.59 Å². The number of nitrogens with one attached hydrogen (secondary N) is 1. The van der Waals surface area contributed by atoms with Crippen molar-refractivity contribution in [2.45, 2.75) is 18.8 Å². The third kappa shape index (κ3) is 3.71. The van der Waals surface area contributed by atoms with Crippen molar-refractivity contribution in [3.05, 3.63) is 94.5 Å². The van der Waals surface area contributed by atoms with Gasteiger partial charge >= 0.3 is 6.09 Å². The largest absolute Gasteiger partial charge is 0.449 e. The highest BCUT2D eigenvalue weighted by atomic mass is 16.5. The van der Waals surface area contributed by atoms with Crippen LogP contribution in [0.4, 0.5) is 4.79 Å². The smallest absolute Gasteiger partial charge is 0.407 e. The monoisotopic (exact) mass is 407 g/mol. The summed E-state index contributed by atoms with van der Waals surface area (Å²) in [6, 6.07) is 22.2. The summed E-state index contributed by atoms with van der Waals surface area (Å²) >= 11 is 0. The number of amides is 1. The minimum atomic E-state index is -0.476. The molecule has 0 fully saturated rings. The van der Waals surface area contributed by atoms with Crippen molar-refractivity contribution >= 4 is 11.9 Å².